The number of carboxylic acids is 1. The minimum absolute atomic E-state index is 0.118. The maximum Gasteiger partial charge on any atom is 0.308 e. The molecule has 1 aliphatic heterocycles. The number of aliphatic carboxylic acids is 1. The summed E-state index contributed by atoms with van der Waals surface area (Å²) in [5.74, 6) is -0.657. The quantitative estimate of drug-likeness (QED) is 0.759. The van der Waals surface area contributed by atoms with Crippen molar-refractivity contribution in [1.82, 2.24) is 4.90 Å². The van der Waals surface area contributed by atoms with Gasteiger partial charge in [-0.1, -0.05) is 12.2 Å². The van der Waals surface area contributed by atoms with E-state index in [0.29, 0.717) is 25.3 Å². The molecule has 17 heavy (non-hydrogen) atoms. The number of hydrogen-bond acceptors (Lipinski definition) is 2. The van der Waals surface area contributed by atoms with Gasteiger partial charge in [0.15, 0.2) is 0 Å². The molecule has 0 spiro atoms. The van der Waals surface area contributed by atoms with Crippen LogP contribution in [0, 0.1) is 11.8 Å². The monoisotopic (exact) mass is 237 g/mol. The number of amides is 1. The Balaban J connectivity index is 1.85. The Morgan fingerprint density at radius 1 is 1.35 bits per heavy atom. The van der Waals surface area contributed by atoms with Crippen LogP contribution in [-0.2, 0) is 9.59 Å². The summed E-state index contributed by atoms with van der Waals surface area (Å²) in [6.45, 7) is 1.11. The minimum Gasteiger partial charge on any atom is -0.481 e. The van der Waals surface area contributed by atoms with E-state index in [1.165, 1.54) is 0 Å². The van der Waals surface area contributed by atoms with Crippen molar-refractivity contribution in [2.24, 2.45) is 11.8 Å². The van der Waals surface area contributed by atoms with Crippen molar-refractivity contribution < 1.29 is 14.7 Å². The summed E-state index contributed by atoms with van der Waals surface area (Å²) in [6, 6.07) is 0. The number of piperidine rings is 1. The first-order valence-electron chi connectivity index (χ1n) is 6.34. The number of nitrogens with zero attached hydrogens (tertiary/aromatic N) is 1. The van der Waals surface area contributed by atoms with Gasteiger partial charge in [-0.15, -0.1) is 0 Å². The first-order chi connectivity index (χ1) is 8.16. The van der Waals surface area contributed by atoms with Crippen molar-refractivity contribution in [3.8, 4) is 0 Å². The molecule has 1 aliphatic carbocycles. The van der Waals surface area contributed by atoms with E-state index in [9.17, 15) is 9.59 Å². The Morgan fingerprint density at radius 2 is 2.18 bits per heavy atom. The van der Waals surface area contributed by atoms with Crippen LogP contribution < -0.4 is 0 Å². The summed E-state index contributed by atoms with van der Waals surface area (Å²) in [7, 11) is 0. The van der Waals surface area contributed by atoms with Crippen LogP contribution in [0.3, 0.4) is 0 Å². The Kier molecular flexibility index (Phi) is 3.82. The van der Waals surface area contributed by atoms with Crippen LogP contribution in [0.4, 0.5) is 0 Å². The van der Waals surface area contributed by atoms with E-state index in [2.05, 4.69) is 12.2 Å². The summed E-state index contributed by atoms with van der Waals surface area (Å²) in [5, 5.41) is 8.97. The summed E-state index contributed by atoms with van der Waals surface area (Å²) in [4.78, 5) is 24.7. The summed E-state index contributed by atoms with van der Waals surface area (Å²) in [6.07, 6.45) is 8.40. The largest absolute Gasteiger partial charge is 0.481 e. The maximum atomic E-state index is 12.0. The molecule has 2 rings (SSSR count). The summed E-state index contributed by atoms with van der Waals surface area (Å²) >= 11 is 0. The fraction of sp³-hybridized carbons (Fsp3) is 0.692. The molecule has 0 bridgehead atoms. The third kappa shape index (κ3) is 3.08. The second-order valence-electron chi connectivity index (χ2n) is 4.99. The standard InChI is InChI=1S/C13H19NO3/c15-12(8-10-4-1-2-5-10)14-7-3-6-11(9-14)13(16)17/h1,4,10-11H,2-3,5-9H2,(H,16,17). The molecule has 94 valence electrons. The maximum absolute atomic E-state index is 12.0. The summed E-state index contributed by atoms with van der Waals surface area (Å²) in [5.41, 5.74) is 0. The fourth-order valence-electron chi connectivity index (χ4n) is 2.62. The average Bonchev–Trinajstić information content (AvgIpc) is 2.82. The number of likely N-dealkylation sites (tertiary alicyclic amines) is 1. The first kappa shape index (κ1) is 12.1. The van der Waals surface area contributed by atoms with Crippen molar-refractivity contribution in [3.05, 3.63) is 12.2 Å². The first-order valence-corrected chi connectivity index (χ1v) is 6.34. The Hall–Kier alpha value is -1.32. The molecule has 0 aromatic rings. The Labute approximate surface area is 101 Å². The van der Waals surface area contributed by atoms with Gasteiger partial charge in [-0.3, -0.25) is 9.59 Å². The number of allylic oxidation sites excluding steroid dienone is 2. The molecule has 2 aliphatic rings. The number of rotatable bonds is 3. The molecule has 0 saturated carbocycles. The SMILES string of the molecule is O=C(O)C1CCCN(C(=O)CC2C=CCC2)C1. The third-order valence-electron chi connectivity index (χ3n) is 3.67. The highest BCUT2D eigenvalue weighted by molar-refractivity contribution is 5.78. The molecular formula is C13H19NO3. The average molecular weight is 237 g/mol. The normalized spacial score (nSPS) is 28.4. The minimum atomic E-state index is -0.775. The van der Waals surface area contributed by atoms with Gasteiger partial charge in [-0.2, -0.15) is 0 Å². The fourth-order valence-corrected chi connectivity index (χ4v) is 2.62. The van der Waals surface area contributed by atoms with Gasteiger partial charge in [-0.05, 0) is 31.6 Å². The summed E-state index contributed by atoms with van der Waals surface area (Å²) < 4.78 is 0. The molecule has 0 aromatic carbocycles. The van der Waals surface area contributed by atoms with Crippen molar-refractivity contribution in [2.45, 2.75) is 32.1 Å². The lowest BCUT2D eigenvalue weighted by atomic mass is 9.97. The van der Waals surface area contributed by atoms with Crippen LogP contribution >= 0.6 is 0 Å². The Bertz CT molecular complexity index is 338. The van der Waals surface area contributed by atoms with Gasteiger partial charge in [0.05, 0.1) is 5.92 Å². The molecule has 1 amide bonds. The second kappa shape index (κ2) is 5.34. The molecule has 1 N–H and O–H groups in total. The smallest absolute Gasteiger partial charge is 0.308 e. The number of carboxylic acid groups (broad SMARTS) is 1. The molecule has 4 nitrogen and oxygen atoms in total. The van der Waals surface area contributed by atoms with Gasteiger partial charge < -0.3 is 10.0 Å². The molecule has 2 unspecified atom stereocenters. The second-order valence-corrected chi connectivity index (χ2v) is 4.99. The highest BCUT2D eigenvalue weighted by Gasteiger charge is 2.28. The van der Waals surface area contributed by atoms with Gasteiger partial charge in [0.1, 0.15) is 0 Å². The van der Waals surface area contributed by atoms with Gasteiger partial charge in [0.2, 0.25) is 5.91 Å². The van der Waals surface area contributed by atoms with Gasteiger partial charge in [0.25, 0.3) is 0 Å². The van der Waals surface area contributed by atoms with Gasteiger partial charge >= 0.3 is 5.97 Å². The van der Waals surface area contributed by atoms with Crippen molar-refractivity contribution in [3.63, 3.8) is 0 Å². The van der Waals surface area contributed by atoms with E-state index < -0.39 is 5.97 Å². The molecule has 2 atom stereocenters. The van der Waals surface area contributed by atoms with Crippen LogP contribution in [-0.4, -0.2) is 35.0 Å². The van der Waals surface area contributed by atoms with Crippen LogP contribution in [0.15, 0.2) is 12.2 Å². The van der Waals surface area contributed by atoms with E-state index >= 15 is 0 Å². The predicted octanol–water partition coefficient (Wildman–Crippen LogP) is 1.67. The lowest BCUT2D eigenvalue weighted by Crippen LogP contribution is -2.42. The van der Waals surface area contributed by atoms with Gasteiger partial charge in [-0.25, -0.2) is 0 Å². The molecule has 0 aromatic heterocycles. The van der Waals surface area contributed by atoms with Crippen LogP contribution in [0.5, 0.6) is 0 Å². The van der Waals surface area contributed by atoms with Crippen molar-refractivity contribution >= 4 is 11.9 Å². The molecule has 4 heteroatoms. The van der Waals surface area contributed by atoms with E-state index in [0.717, 1.165) is 25.8 Å². The van der Waals surface area contributed by atoms with E-state index in [1.807, 2.05) is 0 Å². The number of carbonyl (C=O) groups is 2. The van der Waals surface area contributed by atoms with Gasteiger partial charge in [0, 0.05) is 19.5 Å². The number of hydrogen-bond donors (Lipinski definition) is 1. The zero-order valence-corrected chi connectivity index (χ0v) is 9.97. The lowest BCUT2D eigenvalue weighted by Gasteiger charge is -2.31. The van der Waals surface area contributed by atoms with Crippen LogP contribution in [0.2, 0.25) is 0 Å². The van der Waals surface area contributed by atoms with E-state index in [4.69, 9.17) is 5.11 Å². The molecular weight excluding hydrogens is 218 g/mol. The molecule has 0 radical (unpaired) electrons. The van der Waals surface area contributed by atoms with E-state index in [1.54, 1.807) is 4.90 Å². The van der Waals surface area contributed by atoms with Crippen LogP contribution in [0.1, 0.15) is 32.1 Å². The highest BCUT2D eigenvalue weighted by atomic mass is 16.4. The molecule has 1 saturated heterocycles. The number of carbonyl (C=O) groups excluding carboxylic acids is 1. The van der Waals surface area contributed by atoms with Crippen molar-refractivity contribution in [2.75, 3.05) is 13.1 Å². The lowest BCUT2D eigenvalue weighted by molar-refractivity contribution is -0.145. The third-order valence-corrected chi connectivity index (χ3v) is 3.67. The highest BCUT2D eigenvalue weighted by Crippen LogP contribution is 2.23. The zero-order valence-electron chi connectivity index (χ0n) is 9.97. The van der Waals surface area contributed by atoms with E-state index in [-0.39, 0.29) is 11.8 Å². The zero-order chi connectivity index (χ0) is 12.3. The topological polar surface area (TPSA) is 57.6 Å². The van der Waals surface area contributed by atoms with Crippen LogP contribution in [0.25, 0.3) is 0 Å². The van der Waals surface area contributed by atoms with Crippen molar-refractivity contribution in [1.29, 1.82) is 0 Å². The Morgan fingerprint density at radius 3 is 2.82 bits per heavy atom. The predicted molar refractivity (Wildman–Crippen MR) is 63.4 cm³/mol. The molecule has 1 fully saturated rings. The molecule has 1 heterocycles.